The Balaban J connectivity index is 1.45. The van der Waals surface area contributed by atoms with Crippen molar-refractivity contribution in [2.45, 2.75) is 52.1 Å². The highest BCUT2D eigenvalue weighted by Crippen LogP contribution is 2.25. The van der Waals surface area contributed by atoms with Crippen molar-refractivity contribution >= 4 is 5.91 Å². The summed E-state index contributed by atoms with van der Waals surface area (Å²) < 4.78 is 5.03. The van der Waals surface area contributed by atoms with Gasteiger partial charge in [-0.25, -0.2) is 0 Å². The van der Waals surface area contributed by atoms with Gasteiger partial charge in [-0.05, 0) is 75.9 Å². The fourth-order valence-corrected chi connectivity index (χ4v) is 4.58. The second-order valence-corrected chi connectivity index (χ2v) is 8.54. The standard InChI is InChI=1S/C23H37N3O2/c1-18-6-7-20(15-19(18)2)16-25-12-8-22(9-13-25)26-11-4-5-21(17-26)23(27)24-10-14-28-3/h6-7,15,21-22H,4-5,8-14,16-17H2,1-3H3,(H,24,27)/t21-/m0/s1. The van der Waals surface area contributed by atoms with Crippen molar-refractivity contribution in [2.75, 3.05) is 46.4 Å². The average molecular weight is 388 g/mol. The lowest BCUT2D eigenvalue weighted by Gasteiger charge is -2.42. The van der Waals surface area contributed by atoms with Gasteiger partial charge in [0.1, 0.15) is 0 Å². The van der Waals surface area contributed by atoms with Crippen LogP contribution < -0.4 is 5.32 Å². The van der Waals surface area contributed by atoms with Crippen molar-refractivity contribution < 1.29 is 9.53 Å². The number of rotatable bonds is 7. The van der Waals surface area contributed by atoms with Crippen LogP contribution in [-0.4, -0.2) is 68.2 Å². The van der Waals surface area contributed by atoms with E-state index in [4.69, 9.17) is 4.74 Å². The van der Waals surface area contributed by atoms with Crippen molar-refractivity contribution in [3.05, 3.63) is 34.9 Å². The van der Waals surface area contributed by atoms with Crippen LogP contribution in [0.5, 0.6) is 0 Å². The van der Waals surface area contributed by atoms with Crippen molar-refractivity contribution in [3.63, 3.8) is 0 Å². The molecule has 1 aromatic rings. The maximum absolute atomic E-state index is 12.4. The molecule has 1 N–H and O–H groups in total. The molecule has 2 aliphatic heterocycles. The van der Waals surface area contributed by atoms with Crippen LogP contribution in [0.15, 0.2) is 18.2 Å². The number of amides is 1. The molecule has 2 saturated heterocycles. The van der Waals surface area contributed by atoms with Gasteiger partial charge in [0.15, 0.2) is 0 Å². The van der Waals surface area contributed by atoms with Gasteiger partial charge in [0, 0.05) is 32.8 Å². The van der Waals surface area contributed by atoms with Gasteiger partial charge in [0.25, 0.3) is 0 Å². The van der Waals surface area contributed by atoms with E-state index in [1.807, 2.05) is 0 Å². The van der Waals surface area contributed by atoms with E-state index in [9.17, 15) is 4.79 Å². The van der Waals surface area contributed by atoms with Crippen LogP contribution >= 0.6 is 0 Å². The zero-order chi connectivity index (χ0) is 19.9. The average Bonchev–Trinajstić information content (AvgIpc) is 2.71. The van der Waals surface area contributed by atoms with Crippen molar-refractivity contribution in [1.29, 1.82) is 0 Å². The van der Waals surface area contributed by atoms with Crippen LogP contribution in [0.1, 0.15) is 42.4 Å². The topological polar surface area (TPSA) is 44.8 Å². The Hall–Kier alpha value is -1.43. The molecule has 2 fully saturated rings. The molecule has 156 valence electrons. The SMILES string of the molecule is COCCNC(=O)[C@H]1CCCN(C2CCN(Cc3ccc(C)c(C)c3)CC2)C1. The Kier molecular flexibility index (Phi) is 7.89. The minimum absolute atomic E-state index is 0.138. The van der Waals surface area contributed by atoms with Gasteiger partial charge in [-0.3, -0.25) is 14.6 Å². The Morgan fingerprint density at radius 3 is 2.64 bits per heavy atom. The molecular formula is C23H37N3O2. The summed E-state index contributed by atoms with van der Waals surface area (Å²) in [5.41, 5.74) is 4.18. The zero-order valence-electron chi connectivity index (χ0n) is 17.9. The van der Waals surface area contributed by atoms with Crippen LogP contribution in [0.2, 0.25) is 0 Å². The molecule has 0 radical (unpaired) electrons. The summed E-state index contributed by atoms with van der Waals surface area (Å²) in [7, 11) is 1.67. The molecule has 0 aliphatic carbocycles. The summed E-state index contributed by atoms with van der Waals surface area (Å²) in [6.07, 6.45) is 4.57. The number of ether oxygens (including phenoxy) is 1. The highest BCUT2D eigenvalue weighted by Gasteiger charge is 2.31. The lowest BCUT2D eigenvalue weighted by molar-refractivity contribution is -0.127. The lowest BCUT2D eigenvalue weighted by Crippen LogP contribution is -2.50. The molecule has 0 aromatic heterocycles. The summed E-state index contributed by atoms with van der Waals surface area (Å²) in [6, 6.07) is 7.47. The summed E-state index contributed by atoms with van der Waals surface area (Å²) in [6.45, 7) is 11.0. The second-order valence-electron chi connectivity index (χ2n) is 8.54. The largest absolute Gasteiger partial charge is 0.383 e. The molecule has 28 heavy (non-hydrogen) atoms. The van der Waals surface area contributed by atoms with Crippen LogP contribution in [-0.2, 0) is 16.1 Å². The summed E-state index contributed by atoms with van der Waals surface area (Å²) >= 11 is 0. The van der Waals surface area contributed by atoms with Gasteiger partial charge in [-0.1, -0.05) is 18.2 Å². The van der Waals surface area contributed by atoms with E-state index in [1.54, 1.807) is 7.11 Å². The minimum atomic E-state index is 0.138. The number of methoxy groups -OCH3 is 1. The molecule has 0 bridgehead atoms. The summed E-state index contributed by atoms with van der Waals surface area (Å²) in [5, 5.41) is 3.02. The number of nitrogens with zero attached hydrogens (tertiary/aromatic N) is 2. The third-order valence-electron chi connectivity index (χ3n) is 6.48. The van der Waals surface area contributed by atoms with Gasteiger partial charge in [0.05, 0.1) is 12.5 Å². The van der Waals surface area contributed by atoms with Crippen LogP contribution in [0, 0.1) is 19.8 Å². The lowest BCUT2D eigenvalue weighted by atomic mass is 9.93. The molecule has 0 spiro atoms. The molecule has 1 amide bonds. The smallest absolute Gasteiger partial charge is 0.224 e. The molecule has 5 heteroatoms. The first kappa shape index (κ1) is 21.3. The molecule has 5 nitrogen and oxygen atoms in total. The highest BCUT2D eigenvalue weighted by molar-refractivity contribution is 5.78. The van der Waals surface area contributed by atoms with Crippen molar-refractivity contribution in [2.24, 2.45) is 5.92 Å². The molecule has 3 rings (SSSR count). The van der Waals surface area contributed by atoms with Crippen LogP contribution in [0.25, 0.3) is 0 Å². The van der Waals surface area contributed by atoms with Gasteiger partial charge in [-0.15, -0.1) is 0 Å². The summed E-state index contributed by atoms with van der Waals surface area (Å²) in [5.74, 6) is 0.341. The van der Waals surface area contributed by atoms with Crippen LogP contribution in [0.4, 0.5) is 0 Å². The Morgan fingerprint density at radius 1 is 1.14 bits per heavy atom. The van der Waals surface area contributed by atoms with E-state index < -0.39 is 0 Å². The van der Waals surface area contributed by atoms with E-state index in [0.717, 1.165) is 45.6 Å². The monoisotopic (exact) mass is 387 g/mol. The Morgan fingerprint density at radius 2 is 1.93 bits per heavy atom. The van der Waals surface area contributed by atoms with E-state index in [2.05, 4.69) is 47.2 Å². The molecule has 0 unspecified atom stereocenters. The molecule has 0 saturated carbocycles. The number of hydrogen-bond acceptors (Lipinski definition) is 4. The fourth-order valence-electron chi connectivity index (χ4n) is 4.58. The predicted octanol–water partition coefficient (Wildman–Crippen LogP) is 2.74. The number of likely N-dealkylation sites (tertiary alicyclic amines) is 2. The first-order valence-electron chi connectivity index (χ1n) is 10.9. The maximum Gasteiger partial charge on any atom is 0.224 e. The third-order valence-corrected chi connectivity index (χ3v) is 6.48. The number of nitrogens with one attached hydrogen (secondary N) is 1. The van der Waals surface area contributed by atoms with E-state index in [0.29, 0.717) is 19.2 Å². The number of hydrogen-bond donors (Lipinski definition) is 1. The van der Waals surface area contributed by atoms with Gasteiger partial charge in [0.2, 0.25) is 5.91 Å². The number of benzene rings is 1. The Bertz CT molecular complexity index is 641. The number of carbonyl (C=O) groups excluding carboxylic acids is 1. The molecule has 1 atom stereocenters. The fraction of sp³-hybridized carbons (Fsp3) is 0.696. The quantitative estimate of drug-likeness (QED) is 0.731. The first-order valence-corrected chi connectivity index (χ1v) is 10.9. The molecular weight excluding hydrogens is 350 g/mol. The number of aryl methyl sites for hydroxylation is 2. The Labute approximate surface area is 170 Å². The van der Waals surface area contributed by atoms with E-state index in [-0.39, 0.29) is 11.8 Å². The molecule has 2 aliphatic rings. The second kappa shape index (κ2) is 10.4. The minimum Gasteiger partial charge on any atom is -0.383 e. The summed E-state index contributed by atoms with van der Waals surface area (Å²) in [4.78, 5) is 17.6. The molecule has 2 heterocycles. The first-order chi connectivity index (χ1) is 13.6. The predicted molar refractivity (Wildman–Crippen MR) is 113 cm³/mol. The van der Waals surface area contributed by atoms with Crippen molar-refractivity contribution in [1.82, 2.24) is 15.1 Å². The van der Waals surface area contributed by atoms with Crippen molar-refractivity contribution in [3.8, 4) is 0 Å². The van der Waals surface area contributed by atoms with Gasteiger partial charge < -0.3 is 10.1 Å². The van der Waals surface area contributed by atoms with E-state index in [1.165, 1.54) is 29.5 Å². The van der Waals surface area contributed by atoms with Gasteiger partial charge >= 0.3 is 0 Å². The van der Waals surface area contributed by atoms with Crippen LogP contribution in [0.3, 0.4) is 0 Å². The maximum atomic E-state index is 12.4. The number of piperidine rings is 2. The highest BCUT2D eigenvalue weighted by atomic mass is 16.5. The number of carbonyl (C=O) groups is 1. The molecule has 1 aromatic carbocycles. The third kappa shape index (κ3) is 5.79. The van der Waals surface area contributed by atoms with Gasteiger partial charge in [-0.2, -0.15) is 0 Å². The zero-order valence-corrected chi connectivity index (χ0v) is 17.9. The van der Waals surface area contributed by atoms with E-state index >= 15 is 0 Å². The normalized spacial score (nSPS) is 22.3.